The van der Waals surface area contributed by atoms with E-state index in [4.69, 9.17) is 4.74 Å². The Morgan fingerprint density at radius 2 is 2.24 bits per heavy atom. The van der Waals surface area contributed by atoms with Crippen LogP contribution in [0, 0.1) is 0 Å². The minimum atomic E-state index is 0.0320. The van der Waals surface area contributed by atoms with E-state index in [9.17, 15) is 4.79 Å². The smallest absolute Gasteiger partial charge is 0.221 e. The number of methoxy groups -OCH3 is 1. The first-order valence-electron chi connectivity index (χ1n) is 5.47. The predicted octanol–water partition coefficient (Wildman–Crippen LogP) is 2.01. The quantitative estimate of drug-likeness (QED) is 0.758. The first kappa shape index (κ1) is 14.0. The van der Waals surface area contributed by atoms with Crippen molar-refractivity contribution in [3.63, 3.8) is 0 Å². The minimum Gasteiger partial charge on any atom is -0.384 e. The van der Waals surface area contributed by atoms with Crippen LogP contribution in [-0.2, 0) is 9.53 Å². The van der Waals surface area contributed by atoms with Crippen LogP contribution in [0.1, 0.15) is 6.42 Å². The zero-order chi connectivity index (χ0) is 12.5. The molecule has 0 heterocycles. The fourth-order valence-electron chi connectivity index (χ4n) is 1.30. The van der Waals surface area contributed by atoms with Gasteiger partial charge in [0.05, 0.1) is 6.61 Å². The molecule has 5 heteroatoms. The second kappa shape index (κ2) is 8.08. The summed E-state index contributed by atoms with van der Waals surface area (Å²) in [4.78, 5) is 11.4. The number of carbonyl (C=O) groups excluding carboxylic acids is 1. The Kier molecular flexibility index (Phi) is 6.65. The average molecular weight is 301 g/mol. The number of hydrogen-bond acceptors (Lipinski definition) is 3. The molecular weight excluding hydrogens is 284 g/mol. The number of halogens is 1. The number of ether oxygens (including phenoxy) is 1. The highest BCUT2D eigenvalue weighted by Gasteiger charge is 2.00. The first-order valence-corrected chi connectivity index (χ1v) is 6.27. The van der Waals surface area contributed by atoms with E-state index in [2.05, 4.69) is 26.6 Å². The molecule has 94 valence electrons. The third kappa shape index (κ3) is 6.28. The molecule has 0 aromatic heterocycles. The van der Waals surface area contributed by atoms with Crippen molar-refractivity contribution in [3.05, 3.63) is 28.7 Å². The third-order valence-electron chi connectivity index (χ3n) is 2.13. The number of benzene rings is 1. The second-order valence-corrected chi connectivity index (χ2v) is 4.45. The fraction of sp³-hybridized carbons (Fsp3) is 0.417. The normalized spacial score (nSPS) is 10.0. The van der Waals surface area contributed by atoms with Crippen molar-refractivity contribution in [2.75, 3.05) is 32.1 Å². The Morgan fingerprint density at radius 3 is 2.94 bits per heavy atom. The van der Waals surface area contributed by atoms with Crippen molar-refractivity contribution in [1.82, 2.24) is 5.32 Å². The summed E-state index contributed by atoms with van der Waals surface area (Å²) in [6, 6.07) is 7.85. The molecule has 1 aromatic rings. The number of nitrogens with one attached hydrogen (secondary N) is 2. The topological polar surface area (TPSA) is 50.4 Å². The molecule has 4 nitrogen and oxygen atoms in total. The molecule has 1 rings (SSSR count). The molecule has 1 aromatic carbocycles. The average Bonchev–Trinajstić information content (AvgIpc) is 2.29. The maximum absolute atomic E-state index is 11.4. The second-order valence-electron chi connectivity index (χ2n) is 3.53. The Hall–Kier alpha value is -1.07. The maximum atomic E-state index is 11.4. The van der Waals surface area contributed by atoms with Gasteiger partial charge in [-0.1, -0.05) is 22.0 Å². The first-order chi connectivity index (χ1) is 8.22. The van der Waals surface area contributed by atoms with Crippen LogP contribution in [0.4, 0.5) is 5.69 Å². The molecule has 0 aliphatic rings. The lowest BCUT2D eigenvalue weighted by molar-refractivity contribution is -0.121. The van der Waals surface area contributed by atoms with E-state index in [1.807, 2.05) is 24.3 Å². The van der Waals surface area contributed by atoms with Gasteiger partial charge in [0.1, 0.15) is 0 Å². The Morgan fingerprint density at radius 1 is 1.41 bits per heavy atom. The summed E-state index contributed by atoms with van der Waals surface area (Å²) in [5.74, 6) is 0.0320. The van der Waals surface area contributed by atoms with Crippen molar-refractivity contribution in [2.45, 2.75) is 6.42 Å². The van der Waals surface area contributed by atoms with Crippen LogP contribution in [0.25, 0.3) is 0 Å². The number of carbonyl (C=O) groups is 1. The van der Waals surface area contributed by atoms with E-state index in [1.165, 1.54) is 0 Å². The van der Waals surface area contributed by atoms with E-state index < -0.39 is 0 Å². The van der Waals surface area contributed by atoms with E-state index in [-0.39, 0.29) is 5.91 Å². The molecule has 0 saturated carbocycles. The van der Waals surface area contributed by atoms with Crippen LogP contribution in [0.5, 0.6) is 0 Å². The van der Waals surface area contributed by atoms with Gasteiger partial charge in [0.2, 0.25) is 5.91 Å². The molecule has 0 radical (unpaired) electrons. The van der Waals surface area contributed by atoms with E-state index >= 15 is 0 Å². The molecule has 0 aliphatic heterocycles. The zero-order valence-corrected chi connectivity index (χ0v) is 11.4. The van der Waals surface area contributed by atoms with Crippen LogP contribution in [0.3, 0.4) is 0 Å². The Balaban J connectivity index is 2.17. The van der Waals surface area contributed by atoms with E-state index in [0.29, 0.717) is 26.1 Å². The van der Waals surface area contributed by atoms with E-state index in [1.54, 1.807) is 7.11 Å². The van der Waals surface area contributed by atoms with Crippen LogP contribution in [0.2, 0.25) is 0 Å². The summed E-state index contributed by atoms with van der Waals surface area (Å²) in [6.07, 6.45) is 0.455. The third-order valence-corrected chi connectivity index (χ3v) is 2.63. The maximum Gasteiger partial charge on any atom is 0.221 e. The molecule has 0 bridgehead atoms. The van der Waals surface area contributed by atoms with Gasteiger partial charge in [-0.25, -0.2) is 0 Å². The highest BCUT2D eigenvalue weighted by atomic mass is 79.9. The molecular formula is C12H17BrN2O2. The van der Waals surface area contributed by atoms with Crippen molar-refractivity contribution >= 4 is 27.5 Å². The lowest BCUT2D eigenvalue weighted by Gasteiger charge is -2.07. The molecule has 0 unspecified atom stereocenters. The molecule has 0 atom stereocenters. The lowest BCUT2D eigenvalue weighted by Crippen LogP contribution is -2.28. The number of anilines is 1. The summed E-state index contributed by atoms with van der Waals surface area (Å²) in [6.45, 7) is 1.73. The monoisotopic (exact) mass is 300 g/mol. The molecule has 1 amide bonds. The van der Waals surface area contributed by atoms with Crippen LogP contribution in [-0.4, -0.2) is 32.7 Å². The van der Waals surface area contributed by atoms with E-state index in [0.717, 1.165) is 10.2 Å². The summed E-state index contributed by atoms with van der Waals surface area (Å²) in [7, 11) is 1.61. The van der Waals surface area contributed by atoms with Gasteiger partial charge in [-0.05, 0) is 18.2 Å². The summed E-state index contributed by atoms with van der Waals surface area (Å²) in [5, 5.41) is 5.95. The number of rotatable bonds is 7. The van der Waals surface area contributed by atoms with Crippen molar-refractivity contribution in [3.8, 4) is 0 Å². The van der Waals surface area contributed by atoms with Crippen LogP contribution < -0.4 is 10.6 Å². The molecule has 17 heavy (non-hydrogen) atoms. The lowest BCUT2D eigenvalue weighted by atomic mass is 10.3. The van der Waals surface area contributed by atoms with Crippen LogP contribution in [0.15, 0.2) is 28.7 Å². The molecule has 0 saturated heterocycles. The summed E-state index contributed by atoms with van der Waals surface area (Å²) in [5.41, 5.74) is 1.00. The molecule has 0 aliphatic carbocycles. The standard InChI is InChI=1S/C12H17BrN2O2/c1-17-8-7-15-12(16)5-6-14-11-4-2-3-10(13)9-11/h2-4,9,14H,5-8H2,1H3,(H,15,16). The number of hydrogen-bond donors (Lipinski definition) is 2. The predicted molar refractivity (Wildman–Crippen MR) is 72.1 cm³/mol. The summed E-state index contributed by atoms with van der Waals surface area (Å²) < 4.78 is 5.86. The molecule has 0 spiro atoms. The van der Waals surface area contributed by atoms with Gasteiger partial charge in [-0.2, -0.15) is 0 Å². The van der Waals surface area contributed by atoms with Gasteiger partial charge >= 0.3 is 0 Å². The number of amides is 1. The largest absolute Gasteiger partial charge is 0.384 e. The zero-order valence-electron chi connectivity index (χ0n) is 9.83. The highest BCUT2D eigenvalue weighted by Crippen LogP contribution is 2.15. The van der Waals surface area contributed by atoms with Gasteiger partial charge in [-0.15, -0.1) is 0 Å². The van der Waals surface area contributed by atoms with Crippen molar-refractivity contribution < 1.29 is 9.53 Å². The highest BCUT2D eigenvalue weighted by molar-refractivity contribution is 9.10. The Bertz CT molecular complexity index is 358. The molecule has 2 N–H and O–H groups in total. The SMILES string of the molecule is COCCNC(=O)CCNc1cccc(Br)c1. The van der Waals surface area contributed by atoms with Gasteiger partial charge < -0.3 is 15.4 Å². The van der Waals surface area contributed by atoms with Gasteiger partial charge in [0.15, 0.2) is 0 Å². The Labute approximate surface area is 110 Å². The van der Waals surface area contributed by atoms with Crippen molar-refractivity contribution in [1.29, 1.82) is 0 Å². The van der Waals surface area contributed by atoms with Gasteiger partial charge in [0, 0.05) is 36.8 Å². The van der Waals surface area contributed by atoms with Crippen molar-refractivity contribution in [2.24, 2.45) is 0 Å². The fourth-order valence-corrected chi connectivity index (χ4v) is 1.70. The molecule has 0 fully saturated rings. The van der Waals surface area contributed by atoms with Crippen LogP contribution >= 0.6 is 15.9 Å². The van der Waals surface area contributed by atoms with Gasteiger partial charge in [-0.3, -0.25) is 4.79 Å². The van der Waals surface area contributed by atoms with Gasteiger partial charge in [0.25, 0.3) is 0 Å². The minimum absolute atomic E-state index is 0.0320. The summed E-state index contributed by atoms with van der Waals surface area (Å²) >= 11 is 3.39.